The minimum absolute atomic E-state index is 0.220. The SMILES string of the molecule is Cc1cc(N)n(C(C)c2ccc(C)s2)n1. The summed E-state index contributed by atoms with van der Waals surface area (Å²) in [6.07, 6.45) is 0. The molecule has 0 fully saturated rings. The summed E-state index contributed by atoms with van der Waals surface area (Å²) < 4.78 is 1.88. The molecule has 0 bridgehead atoms. The normalized spacial score (nSPS) is 13.0. The van der Waals surface area contributed by atoms with Crippen molar-refractivity contribution in [3.05, 3.63) is 33.6 Å². The van der Waals surface area contributed by atoms with Crippen molar-refractivity contribution < 1.29 is 0 Å². The van der Waals surface area contributed by atoms with E-state index in [-0.39, 0.29) is 6.04 Å². The van der Waals surface area contributed by atoms with E-state index in [0.29, 0.717) is 0 Å². The predicted molar refractivity (Wildman–Crippen MR) is 64.2 cm³/mol. The maximum atomic E-state index is 5.89. The second kappa shape index (κ2) is 3.70. The maximum Gasteiger partial charge on any atom is 0.122 e. The Labute approximate surface area is 93.5 Å². The molecule has 3 nitrogen and oxygen atoms in total. The Hall–Kier alpha value is -1.29. The zero-order valence-corrected chi connectivity index (χ0v) is 10.0. The molecule has 0 saturated carbocycles. The second-order valence-corrected chi connectivity index (χ2v) is 5.10. The maximum absolute atomic E-state index is 5.89. The van der Waals surface area contributed by atoms with Crippen LogP contribution in [0.5, 0.6) is 0 Å². The van der Waals surface area contributed by atoms with Crippen molar-refractivity contribution >= 4 is 17.2 Å². The van der Waals surface area contributed by atoms with Gasteiger partial charge in [-0.2, -0.15) is 5.10 Å². The van der Waals surface area contributed by atoms with Gasteiger partial charge in [-0.05, 0) is 32.9 Å². The Morgan fingerprint density at radius 2 is 2.13 bits per heavy atom. The molecule has 2 N–H and O–H groups in total. The molecule has 80 valence electrons. The molecule has 0 aliphatic heterocycles. The van der Waals surface area contributed by atoms with Gasteiger partial charge in [0.15, 0.2) is 0 Å². The van der Waals surface area contributed by atoms with E-state index in [4.69, 9.17) is 5.73 Å². The van der Waals surface area contributed by atoms with E-state index in [1.807, 2.05) is 17.7 Å². The Morgan fingerprint density at radius 1 is 1.40 bits per heavy atom. The summed E-state index contributed by atoms with van der Waals surface area (Å²) in [5, 5.41) is 4.39. The van der Waals surface area contributed by atoms with Gasteiger partial charge in [-0.1, -0.05) is 0 Å². The predicted octanol–water partition coefficient (Wildman–Crippen LogP) is 2.75. The number of nitrogens with zero attached hydrogens (tertiary/aromatic N) is 2. The van der Waals surface area contributed by atoms with E-state index in [1.165, 1.54) is 9.75 Å². The summed E-state index contributed by atoms with van der Waals surface area (Å²) in [5.41, 5.74) is 6.86. The lowest BCUT2D eigenvalue weighted by Gasteiger charge is -2.11. The van der Waals surface area contributed by atoms with Gasteiger partial charge in [0.2, 0.25) is 0 Å². The van der Waals surface area contributed by atoms with E-state index >= 15 is 0 Å². The van der Waals surface area contributed by atoms with Crippen molar-refractivity contribution in [1.82, 2.24) is 9.78 Å². The number of aryl methyl sites for hydroxylation is 2. The fourth-order valence-corrected chi connectivity index (χ4v) is 2.56. The van der Waals surface area contributed by atoms with Crippen LogP contribution in [-0.2, 0) is 0 Å². The van der Waals surface area contributed by atoms with Crippen molar-refractivity contribution in [2.24, 2.45) is 0 Å². The standard InChI is InChI=1S/C11H15N3S/c1-7-6-11(12)14(13-7)9(3)10-5-4-8(2)15-10/h4-6,9H,12H2,1-3H3. The average molecular weight is 221 g/mol. The summed E-state index contributed by atoms with van der Waals surface area (Å²) in [7, 11) is 0. The summed E-state index contributed by atoms with van der Waals surface area (Å²) in [5.74, 6) is 0.728. The highest BCUT2D eigenvalue weighted by atomic mass is 32.1. The molecule has 0 amide bonds. The van der Waals surface area contributed by atoms with Gasteiger partial charge in [-0.25, -0.2) is 4.68 Å². The van der Waals surface area contributed by atoms with Gasteiger partial charge in [-0.3, -0.25) is 0 Å². The molecule has 1 atom stereocenters. The molecule has 0 aliphatic carbocycles. The van der Waals surface area contributed by atoms with E-state index in [9.17, 15) is 0 Å². The zero-order valence-electron chi connectivity index (χ0n) is 9.19. The van der Waals surface area contributed by atoms with Crippen molar-refractivity contribution in [2.75, 3.05) is 5.73 Å². The molecule has 2 rings (SSSR count). The molecule has 15 heavy (non-hydrogen) atoms. The van der Waals surface area contributed by atoms with Crippen LogP contribution < -0.4 is 5.73 Å². The molecule has 2 heterocycles. The first-order valence-electron chi connectivity index (χ1n) is 4.96. The van der Waals surface area contributed by atoms with Crippen molar-refractivity contribution in [3.8, 4) is 0 Å². The Balaban J connectivity index is 2.35. The first kappa shape index (κ1) is 10.2. The minimum atomic E-state index is 0.220. The molecule has 2 aromatic rings. The lowest BCUT2D eigenvalue weighted by atomic mass is 10.3. The van der Waals surface area contributed by atoms with Crippen LogP contribution in [0.4, 0.5) is 5.82 Å². The topological polar surface area (TPSA) is 43.8 Å². The van der Waals surface area contributed by atoms with Crippen LogP contribution in [0, 0.1) is 13.8 Å². The number of thiophene rings is 1. The fraction of sp³-hybridized carbons (Fsp3) is 0.364. The van der Waals surface area contributed by atoms with Crippen LogP contribution in [-0.4, -0.2) is 9.78 Å². The molecule has 2 aromatic heterocycles. The van der Waals surface area contributed by atoms with E-state index in [0.717, 1.165) is 11.5 Å². The summed E-state index contributed by atoms with van der Waals surface area (Å²) >= 11 is 1.79. The molecular formula is C11H15N3S. The molecule has 1 unspecified atom stereocenters. The van der Waals surface area contributed by atoms with E-state index in [2.05, 4.69) is 31.1 Å². The lowest BCUT2D eigenvalue weighted by molar-refractivity contribution is 0.577. The Morgan fingerprint density at radius 3 is 2.60 bits per heavy atom. The number of anilines is 1. The van der Waals surface area contributed by atoms with Crippen molar-refractivity contribution in [3.63, 3.8) is 0 Å². The zero-order chi connectivity index (χ0) is 11.0. The largest absolute Gasteiger partial charge is 0.384 e. The molecule has 0 spiro atoms. The highest BCUT2D eigenvalue weighted by Gasteiger charge is 2.13. The summed E-state index contributed by atoms with van der Waals surface area (Å²) in [4.78, 5) is 2.61. The average Bonchev–Trinajstić information content (AvgIpc) is 2.71. The van der Waals surface area contributed by atoms with Crippen molar-refractivity contribution in [1.29, 1.82) is 0 Å². The number of hydrogen-bond donors (Lipinski definition) is 1. The monoisotopic (exact) mass is 221 g/mol. The van der Waals surface area contributed by atoms with Gasteiger partial charge in [0, 0.05) is 15.8 Å². The van der Waals surface area contributed by atoms with Crippen LogP contribution in [0.3, 0.4) is 0 Å². The quantitative estimate of drug-likeness (QED) is 0.847. The fourth-order valence-electron chi connectivity index (χ4n) is 1.65. The van der Waals surface area contributed by atoms with E-state index in [1.54, 1.807) is 11.3 Å². The molecule has 0 radical (unpaired) electrons. The third-order valence-corrected chi connectivity index (χ3v) is 3.60. The third kappa shape index (κ3) is 1.90. The molecule has 0 aliphatic rings. The highest BCUT2D eigenvalue weighted by molar-refractivity contribution is 7.12. The lowest BCUT2D eigenvalue weighted by Crippen LogP contribution is -2.10. The van der Waals surface area contributed by atoms with Gasteiger partial charge in [0.1, 0.15) is 5.82 Å². The minimum Gasteiger partial charge on any atom is -0.384 e. The van der Waals surface area contributed by atoms with Crippen molar-refractivity contribution in [2.45, 2.75) is 26.8 Å². The number of nitrogen functional groups attached to an aromatic ring is 1. The number of hydrogen-bond acceptors (Lipinski definition) is 3. The summed E-state index contributed by atoms with van der Waals surface area (Å²) in [6, 6.07) is 6.39. The van der Waals surface area contributed by atoms with Gasteiger partial charge < -0.3 is 5.73 Å². The number of rotatable bonds is 2. The van der Waals surface area contributed by atoms with Crippen LogP contribution in [0.15, 0.2) is 18.2 Å². The Kier molecular flexibility index (Phi) is 2.52. The van der Waals surface area contributed by atoms with Crippen LogP contribution >= 0.6 is 11.3 Å². The molecule has 0 saturated heterocycles. The third-order valence-electron chi connectivity index (χ3n) is 2.43. The van der Waals surface area contributed by atoms with Crippen LogP contribution in [0.2, 0.25) is 0 Å². The first-order valence-corrected chi connectivity index (χ1v) is 5.77. The van der Waals surface area contributed by atoms with Gasteiger partial charge in [0.05, 0.1) is 11.7 Å². The molecule has 4 heteroatoms. The highest BCUT2D eigenvalue weighted by Crippen LogP contribution is 2.27. The molecule has 0 aromatic carbocycles. The Bertz CT molecular complexity index is 470. The van der Waals surface area contributed by atoms with Gasteiger partial charge in [-0.15, -0.1) is 11.3 Å². The number of aromatic nitrogens is 2. The smallest absolute Gasteiger partial charge is 0.122 e. The number of nitrogens with two attached hydrogens (primary N) is 1. The second-order valence-electron chi connectivity index (χ2n) is 3.78. The van der Waals surface area contributed by atoms with Crippen LogP contribution in [0.25, 0.3) is 0 Å². The van der Waals surface area contributed by atoms with E-state index < -0.39 is 0 Å². The van der Waals surface area contributed by atoms with Gasteiger partial charge in [0.25, 0.3) is 0 Å². The molecular weight excluding hydrogens is 206 g/mol. The summed E-state index contributed by atoms with van der Waals surface area (Å²) in [6.45, 7) is 6.19. The van der Waals surface area contributed by atoms with Crippen LogP contribution in [0.1, 0.15) is 28.4 Å². The van der Waals surface area contributed by atoms with Gasteiger partial charge >= 0.3 is 0 Å². The first-order chi connectivity index (χ1) is 7.08.